The molecule has 2 aromatic carbocycles. The third kappa shape index (κ3) is 3.73. The number of nitrogens with one attached hydrogen (secondary N) is 2. The van der Waals surface area contributed by atoms with Crippen molar-refractivity contribution < 1.29 is 13.2 Å². The molecule has 0 bridgehead atoms. The van der Waals surface area contributed by atoms with Gasteiger partial charge in [-0.2, -0.15) is 5.26 Å². The first-order valence-electron chi connectivity index (χ1n) is 7.42. The maximum absolute atomic E-state index is 12.3. The highest BCUT2D eigenvalue weighted by atomic mass is 32.2. The van der Waals surface area contributed by atoms with Gasteiger partial charge in [-0.05, 0) is 55.3 Å². The van der Waals surface area contributed by atoms with Gasteiger partial charge in [0.25, 0.3) is 10.0 Å². The molecular weight excluding hydrogens is 326 g/mol. The third-order valence-corrected chi connectivity index (χ3v) is 5.01. The lowest BCUT2D eigenvalue weighted by Crippen LogP contribution is -2.14. The zero-order chi connectivity index (χ0) is 17.2. The zero-order valence-electron chi connectivity index (χ0n) is 12.7. The van der Waals surface area contributed by atoms with Gasteiger partial charge in [-0.1, -0.05) is 6.07 Å². The Bertz CT molecular complexity index is 911. The highest BCUT2D eigenvalue weighted by Gasteiger charge is 2.29. The zero-order valence-corrected chi connectivity index (χ0v) is 13.5. The molecule has 0 unspecified atom stereocenters. The van der Waals surface area contributed by atoms with Crippen molar-refractivity contribution >= 4 is 27.3 Å². The first kappa shape index (κ1) is 16.0. The topological polar surface area (TPSA) is 99.1 Å². The van der Waals surface area contributed by atoms with Crippen molar-refractivity contribution in [3.05, 3.63) is 54.1 Å². The Morgan fingerprint density at radius 1 is 1.08 bits per heavy atom. The quantitative estimate of drug-likeness (QED) is 0.873. The van der Waals surface area contributed by atoms with Crippen LogP contribution in [0, 0.1) is 17.2 Å². The fourth-order valence-corrected chi connectivity index (χ4v) is 3.26. The van der Waals surface area contributed by atoms with Gasteiger partial charge in [-0.25, -0.2) is 8.42 Å². The summed E-state index contributed by atoms with van der Waals surface area (Å²) in [6, 6.07) is 14.1. The summed E-state index contributed by atoms with van der Waals surface area (Å²) in [7, 11) is -3.77. The number of benzene rings is 2. The first-order chi connectivity index (χ1) is 11.5. The molecule has 0 heterocycles. The molecule has 0 aliphatic heterocycles. The van der Waals surface area contributed by atoms with E-state index in [2.05, 4.69) is 10.0 Å². The Balaban J connectivity index is 1.72. The van der Waals surface area contributed by atoms with Gasteiger partial charge >= 0.3 is 0 Å². The molecule has 1 saturated carbocycles. The molecule has 6 nitrogen and oxygen atoms in total. The van der Waals surface area contributed by atoms with Gasteiger partial charge < -0.3 is 5.32 Å². The van der Waals surface area contributed by atoms with E-state index in [1.807, 2.05) is 6.07 Å². The van der Waals surface area contributed by atoms with E-state index in [1.54, 1.807) is 24.3 Å². The lowest BCUT2D eigenvalue weighted by molar-refractivity contribution is -0.117. The molecule has 24 heavy (non-hydrogen) atoms. The highest BCUT2D eigenvalue weighted by molar-refractivity contribution is 7.92. The Kier molecular flexibility index (Phi) is 4.23. The van der Waals surface area contributed by atoms with E-state index >= 15 is 0 Å². The molecule has 1 aliphatic carbocycles. The molecule has 0 atom stereocenters. The molecular formula is C17H15N3O3S. The first-order valence-corrected chi connectivity index (χ1v) is 8.90. The van der Waals surface area contributed by atoms with Crippen molar-refractivity contribution in [2.75, 3.05) is 10.0 Å². The number of carbonyl (C=O) groups excluding carboxylic acids is 1. The van der Waals surface area contributed by atoms with Crippen molar-refractivity contribution in [3.63, 3.8) is 0 Å². The molecule has 122 valence electrons. The number of sulfonamides is 1. The van der Waals surface area contributed by atoms with Gasteiger partial charge in [0.2, 0.25) is 5.91 Å². The second kappa shape index (κ2) is 6.34. The van der Waals surface area contributed by atoms with Crippen LogP contribution in [-0.4, -0.2) is 14.3 Å². The van der Waals surface area contributed by atoms with Crippen LogP contribution in [0.25, 0.3) is 0 Å². The summed E-state index contributed by atoms with van der Waals surface area (Å²) in [5, 5.41) is 11.7. The number of carbonyl (C=O) groups is 1. The summed E-state index contributed by atoms with van der Waals surface area (Å²) in [4.78, 5) is 11.7. The van der Waals surface area contributed by atoms with Gasteiger partial charge in [-0.3, -0.25) is 9.52 Å². The van der Waals surface area contributed by atoms with E-state index in [1.165, 1.54) is 24.3 Å². The minimum absolute atomic E-state index is 0.00310. The van der Waals surface area contributed by atoms with Crippen LogP contribution in [0.2, 0.25) is 0 Å². The van der Waals surface area contributed by atoms with E-state index < -0.39 is 10.0 Å². The second-order valence-electron chi connectivity index (χ2n) is 5.59. The lowest BCUT2D eigenvalue weighted by atomic mass is 10.2. The maximum Gasteiger partial charge on any atom is 0.261 e. The molecule has 0 aromatic heterocycles. The van der Waals surface area contributed by atoms with Gasteiger partial charge in [0, 0.05) is 17.3 Å². The second-order valence-corrected chi connectivity index (χ2v) is 7.27. The van der Waals surface area contributed by atoms with Crippen molar-refractivity contribution in [1.82, 2.24) is 0 Å². The molecule has 3 rings (SSSR count). The fourth-order valence-electron chi connectivity index (χ4n) is 2.16. The van der Waals surface area contributed by atoms with Crippen LogP contribution in [0.4, 0.5) is 11.4 Å². The number of hydrogen-bond donors (Lipinski definition) is 2. The summed E-state index contributed by atoms with van der Waals surface area (Å²) in [5.74, 6) is 0.104. The summed E-state index contributed by atoms with van der Waals surface area (Å²) < 4.78 is 27.1. The predicted octanol–water partition coefficient (Wildman–Crippen LogP) is 2.71. The Morgan fingerprint density at radius 2 is 1.75 bits per heavy atom. The van der Waals surface area contributed by atoms with Gasteiger partial charge in [0.05, 0.1) is 16.5 Å². The minimum Gasteiger partial charge on any atom is -0.326 e. The minimum atomic E-state index is -3.77. The molecule has 7 heteroatoms. The third-order valence-electron chi connectivity index (χ3n) is 3.63. The van der Waals surface area contributed by atoms with Crippen molar-refractivity contribution in [1.29, 1.82) is 5.26 Å². The Morgan fingerprint density at radius 3 is 2.38 bits per heavy atom. The van der Waals surface area contributed by atoms with Gasteiger partial charge in [0.1, 0.15) is 0 Å². The number of hydrogen-bond acceptors (Lipinski definition) is 4. The number of amides is 1. The smallest absolute Gasteiger partial charge is 0.261 e. The number of nitriles is 1. The van der Waals surface area contributed by atoms with Crippen LogP contribution in [0.1, 0.15) is 18.4 Å². The van der Waals surface area contributed by atoms with Crippen LogP contribution in [0.5, 0.6) is 0 Å². The van der Waals surface area contributed by atoms with Crippen molar-refractivity contribution in [3.8, 4) is 6.07 Å². The largest absolute Gasteiger partial charge is 0.326 e. The van der Waals surface area contributed by atoms with Crippen molar-refractivity contribution in [2.24, 2.45) is 5.92 Å². The number of anilines is 2. The Hall–Kier alpha value is -2.85. The van der Waals surface area contributed by atoms with Gasteiger partial charge in [-0.15, -0.1) is 0 Å². The Labute approximate surface area is 140 Å². The molecule has 0 radical (unpaired) electrons. The molecule has 2 N–H and O–H groups in total. The highest BCUT2D eigenvalue weighted by Crippen LogP contribution is 2.30. The van der Waals surface area contributed by atoms with E-state index in [0.29, 0.717) is 11.4 Å². The van der Waals surface area contributed by atoms with E-state index in [-0.39, 0.29) is 22.3 Å². The summed E-state index contributed by atoms with van der Waals surface area (Å²) in [6.07, 6.45) is 1.84. The monoisotopic (exact) mass is 341 g/mol. The number of rotatable bonds is 5. The maximum atomic E-state index is 12.3. The van der Waals surface area contributed by atoms with E-state index in [4.69, 9.17) is 5.26 Å². The van der Waals surface area contributed by atoms with Crippen LogP contribution in [0.15, 0.2) is 53.4 Å². The fraction of sp³-hybridized carbons (Fsp3) is 0.176. The summed E-state index contributed by atoms with van der Waals surface area (Å²) >= 11 is 0. The molecule has 0 saturated heterocycles. The van der Waals surface area contributed by atoms with Crippen LogP contribution in [-0.2, 0) is 14.8 Å². The number of nitrogens with zero attached hydrogens (tertiary/aromatic N) is 1. The molecule has 2 aromatic rings. The predicted molar refractivity (Wildman–Crippen MR) is 89.8 cm³/mol. The molecule has 0 spiro atoms. The van der Waals surface area contributed by atoms with E-state index in [9.17, 15) is 13.2 Å². The summed E-state index contributed by atoms with van der Waals surface area (Å²) in [5.41, 5.74) is 1.28. The average Bonchev–Trinajstić information content (AvgIpc) is 3.41. The summed E-state index contributed by atoms with van der Waals surface area (Å²) in [6.45, 7) is 0. The lowest BCUT2D eigenvalue weighted by Gasteiger charge is -2.09. The standard InChI is InChI=1S/C17H15N3O3S/c18-11-12-2-1-3-16(10-12)24(22,23)20-15-8-6-14(7-9-15)19-17(21)13-4-5-13/h1-3,6-10,13,20H,4-5H2,(H,19,21). The molecule has 1 fully saturated rings. The van der Waals surface area contributed by atoms with Crippen LogP contribution < -0.4 is 10.0 Å². The normalized spacial score (nSPS) is 13.8. The van der Waals surface area contributed by atoms with Crippen molar-refractivity contribution in [2.45, 2.75) is 17.7 Å². The van der Waals surface area contributed by atoms with Crippen LogP contribution >= 0.6 is 0 Å². The molecule has 1 aliphatic rings. The SMILES string of the molecule is N#Cc1cccc(S(=O)(=O)Nc2ccc(NC(=O)C3CC3)cc2)c1. The van der Waals surface area contributed by atoms with Gasteiger partial charge in [0.15, 0.2) is 0 Å². The van der Waals surface area contributed by atoms with E-state index in [0.717, 1.165) is 12.8 Å². The average molecular weight is 341 g/mol. The van der Waals surface area contributed by atoms with Crippen LogP contribution in [0.3, 0.4) is 0 Å². The molecule has 1 amide bonds.